The fraction of sp³-hybridized carbons (Fsp3) is 0.250. The fourth-order valence-electron chi connectivity index (χ4n) is 2.79. The highest BCUT2D eigenvalue weighted by Gasteiger charge is 2.18. The molecule has 1 N–H and O–H groups in total. The molecule has 0 bridgehead atoms. The van der Waals surface area contributed by atoms with Crippen LogP contribution < -0.4 is 5.32 Å². The number of rotatable bonds is 6. The molecule has 0 radical (unpaired) electrons. The lowest BCUT2D eigenvalue weighted by Gasteiger charge is -2.26. The van der Waals surface area contributed by atoms with Gasteiger partial charge in [0.05, 0.1) is 6.04 Å². The molecule has 1 amide bonds. The topological polar surface area (TPSA) is 71.3 Å². The van der Waals surface area contributed by atoms with Crippen molar-refractivity contribution in [1.29, 1.82) is 0 Å². The number of nitrogens with one attached hydrogen (secondary N) is 1. The first kappa shape index (κ1) is 19.1. The van der Waals surface area contributed by atoms with Crippen LogP contribution in [-0.2, 0) is 0 Å². The number of halogens is 1. The number of likely N-dealkylation sites (N-methyl/N-ethyl adjacent to an activating group) is 1. The summed E-state index contributed by atoms with van der Waals surface area (Å²) < 4.78 is 5.14. The van der Waals surface area contributed by atoms with Crippen molar-refractivity contribution >= 4 is 17.5 Å². The van der Waals surface area contributed by atoms with Gasteiger partial charge in [0.2, 0.25) is 0 Å². The highest BCUT2D eigenvalue weighted by molar-refractivity contribution is 6.31. The van der Waals surface area contributed by atoms with Crippen molar-refractivity contribution in [3.05, 3.63) is 70.5 Å². The number of carbonyl (C=O) groups is 1. The monoisotopic (exact) mass is 384 g/mol. The van der Waals surface area contributed by atoms with Gasteiger partial charge in [0.25, 0.3) is 11.8 Å². The van der Waals surface area contributed by atoms with Crippen LogP contribution in [-0.4, -0.2) is 41.6 Å². The molecule has 7 heteroatoms. The second-order valence-electron chi connectivity index (χ2n) is 6.44. The summed E-state index contributed by atoms with van der Waals surface area (Å²) in [4.78, 5) is 18.7. The number of benzene rings is 2. The van der Waals surface area contributed by atoms with E-state index < -0.39 is 0 Å². The van der Waals surface area contributed by atoms with Gasteiger partial charge in [0, 0.05) is 22.7 Å². The van der Waals surface area contributed by atoms with Gasteiger partial charge >= 0.3 is 0 Å². The quantitative estimate of drug-likeness (QED) is 0.701. The Morgan fingerprint density at radius 3 is 2.48 bits per heavy atom. The lowest BCUT2D eigenvalue weighted by molar-refractivity contribution is 0.0942. The molecule has 0 unspecified atom stereocenters. The van der Waals surface area contributed by atoms with E-state index in [9.17, 15) is 4.79 Å². The van der Waals surface area contributed by atoms with Crippen LogP contribution in [0, 0.1) is 6.92 Å². The first-order valence-electron chi connectivity index (χ1n) is 8.55. The van der Waals surface area contributed by atoms with Gasteiger partial charge in [-0.15, -0.1) is 0 Å². The molecule has 0 aliphatic heterocycles. The minimum atomic E-state index is -0.151. The van der Waals surface area contributed by atoms with E-state index in [1.807, 2.05) is 43.3 Å². The van der Waals surface area contributed by atoms with E-state index in [2.05, 4.69) is 15.5 Å². The zero-order chi connectivity index (χ0) is 19.4. The van der Waals surface area contributed by atoms with Crippen LogP contribution in [0.5, 0.6) is 0 Å². The molecule has 0 spiro atoms. The van der Waals surface area contributed by atoms with Crippen LogP contribution in [0.3, 0.4) is 0 Å². The number of aromatic nitrogens is 2. The zero-order valence-corrected chi connectivity index (χ0v) is 16.2. The third-order valence-electron chi connectivity index (χ3n) is 4.27. The number of carbonyl (C=O) groups excluding carboxylic acids is 1. The second kappa shape index (κ2) is 8.33. The third kappa shape index (κ3) is 4.53. The molecule has 27 heavy (non-hydrogen) atoms. The summed E-state index contributed by atoms with van der Waals surface area (Å²) in [6.45, 7) is 2.20. The largest absolute Gasteiger partial charge is 0.350 e. The van der Waals surface area contributed by atoms with Crippen molar-refractivity contribution in [2.24, 2.45) is 0 Å². The molecule has 1 heterocycles. The Kier molecular flexibility index (Phi) is 5.88. The maximum Gasteiger partial charge on any atom is 0.257 e. The summed E-state index contributed by atoms with van der Waals surface area (Å²) in [5, 5.41) is 7.43. The van der Waals surface area contributed by atoms with Crippen LogP contribution in [0.1, 0.15) is 27.8 Å². The Morgan fingerprint density at radius 2 is 1.89 bits per heavy atom. The number of amides is 1. The van der Waals surface area contributed by atoms with Gasteiger partial charge in [0.1, 0.15) is 0 Å². The lowest BCUT2D eigenvalue weighted by atomic mass is 10.1. The molecule has 0 aliphatic rings. The summed E-state index contributed by atoms with van der Waals surface area (Å²) in [6, 6.07) is 14.7. The van der Waals surface area contributed by atoms with E-state index in [0.29, 0.717) is 28.8 Å². The molecule has 3 aromatic rings. The molecule has 6 nitrogen and oxygen atoms in total. The number of hydrogen-bond acceptors (Lipinski definition) is 5. The fourth-order valence-corrected chi connectivity index (χ4v) is 3.05. The van der Waals surface area contributed by atoms with Crippen molar-refractivity contribution in [3.63, 3.8) is 0 Å². The Morgan fingerprint density at radius 1 is 1.19 bits per heavy atom. The van der Waals surface area contributed by atoms with Gasteiger partial charge in [-0.2, -0.15) is 4.98 Å². The molecule has 1 aromatic heterocycles. The number of hydrogen-bond donors (Lipinski definition) is 1. The van der Waals surface area contributed by atoms with E-state index in [1.165, 1.54) is 0 Å². The maximum atomic E-state index is 12.5. The second-order valence-corrected chi connectivity index (χ2v) is 6.84. The minimum Gasteiger partial charge on any atom is -0.350 e. The molecule has 0 saturated heterocycles. The Labute approximate surface area is 163 Å². The first-order valence-corrected chi connectivity index (χ1v) is 8.93. The van der Waals surface area contributed by atoms with Gasteiger partial charge in [0.15, 0.2) is 5.82 Å². The molecule has 2 aromatic carbocycles. The molecule has 1 atom stereocenters. The van der Waals surface area contributed by atoms with Crippen LogP contribution in [0.2, 0.25) is 5.02 Å². The molecular formula is C20H21ClN4O2. The highest BCUT2D eigenvalue weighted by Crippen LogP contribution is 2.25. The summed E-state index contributed by atoms with van der Waals surface area (Å²) in [7, 11) is 3.92. The number of aryl methyl sites for hydroxylation is 1. The normalized spacial score (nSPS) is 12.2. The summed E-state index contributed by atoms with van der Waals surface area (Å²) in [5.74, 6) is 0.856. The standard InChI is InChI=1S/C20H21ClN4O2/c1-13-23-20(27-24-13)15-10-8-14(9-11-15)19(26)22-12-18(25(2)3)16-6-4-5-7-17(16)21/h4-11,18H,12H2,1-3H3,(H,22,26)/t18-/m0/s1. The van der Waals surface area contributed by atoms with Gasteiger partial charge in [-0.05, 0) is 56.9 Å². The van der Waals surface area contributed by atoms with Gasteiger partial charge in [-0.25, -0.2) is 0 Å². The SMILES string of the molecule is Cc1noc(-c2ccc(C(=O)NC[C@@H](c3ccccc3Cl)N(C)C)cc2)n1. The summed E-state index contributed by atoms with van der Waals surface area (Å²) in [5.41, 5.74) is 2.31. The predicted octanol–water partition coefficient (Wildman–Crippen LogP) is 3.73. The molecular weight excluding hydrogens is 364 g/mol. The summed E-state index contributed by atoms with van der Waals surface area (Å²) in [6.07, 6.45) is 0. The van der Waals surface area contributed by atoms with Crippen LogP contribution in [0.25, 0.3) is 11.5 Å². The van der Waals surface area contributed by atoms with Crippen molar-refractivity contribution in [2.75, 3.05) is 20.6 Å². The maximum absolute atomic E-state index is 12.5. The predicted molar refractivity (Wildman–Crippen MR) is 105 cm³/mol. The van der Waals surface area contributed by atoms with E-state index in [-0.39, 0.29) is 11.9 Å². The summed E-state index contributed by atoms with van der Waals surface area (Å²) >= 11 is 6.31. The van der Waals surface area contributed by atoms with Gasteiger partial charge in [-0.3, -0.25) is 4.79 Å². The molecule has 0 fully saturated rings. The van der Waals surface area contributed by atoms with E-state index in [4.69, 9.17) is 16.1 Å². The minimum absolute atomic E-state index is 0.0247. The smallest absolute Gasteiger partial charge is 0.257 e. The highest BCUT2D eigenvalue weighted by atomic mass is 35.5. The van der Waals surface area contributed by atoms with Crippen molar-refractivity contribution in [1.82, 2.24) is 20.4 Å². The molecule has 3 rings (SSSR count). The average molecular weight is 385 g/mol. The Balaban J connectivity index is 1.68. The van der Waals surface area contributed by atoms with Crippen molar-refractivity contribution in [3.8, 4) is 11.5 Å². The third-order valence-corrected chi connectivity index (χ3v) is 4.61. The van der Waals surface area contributed by atoms with Crippen LogP contribution >= 0.6 is 11.6 Å². The van der Waals surface area contributed by atoms with Crippen molar-refractivity contribution < 1.29 is 9.32 Å². The van der Waals surface area contributed by atoms with Crippen molar-refractivity contribution in [2.45, 2.75) is 13.0 Å². The average Bonchev–Trinajstić information content (AvgIpc) is 3.09. The van der Waals surface area contributed by atoms with Gasteiger partial charge in [-0.1, -0.05) is 35.0 Å². The van der Waals surface area contributed by atoms with E-state index >= 15 is 0 Å². The van der Waals surface area contributed by atoms with Crippen LogP contribution in [0.15, 0.2) is 53.1 Å². The zero-order valence-electron chi connectivity index (χ0n) is 15.4. The molecule has 0 aliphatic carbocycles. The Hall–Kier alpha value is -2.70. The van der Waals surface area contributed by atoms with Gasteiger partial charge < -0.3 is 14.7 Å². The lowest BCUT2D eigenvalue weighted by Crippen LogP contribution is -2.34. The molecule has 140 valence electrons. The Bertz CT molecular complexity index is 922. The first-order chi connectivity index (χ1) is 13.0. The van der Waals surface area contributed by atoms with E-state index in [0.717, 1.165) is 11.1 Å². The number of nitrogens with zero attached hydrogens (tertiary/aromatic N) is 3. The molecule has 0 saturated carbocycles. The van der Waals surface area contributed by atoms with E-state index in [1.54, 1.807) is 31.2 Å². The van der Waals surface area contributed by atoms with Crippen LogP contribution in [0.4, 0.5) is 0 Å².